The predicted molar refractivity (Wildman–Crippen MR) is 154 cm³/mol. The second kappa shape index (κ2) is 13.7. The van der Waals surface area contributed by atoms with Gasteiger partial charge in [-0.1, -0.05) is 96.7 Å². The number of hydrogen-bond donors (Lipinski definition) is 1. The molecule has 1 N–H and O–H groups in total. The first-order valence-electron chi connectivity index (χ1n) is 13.0. The summed E-state index contributed by atoms with van der Waals surface area (Å²) in [7, 11) is 0. The molecule has 0 unspecified atom stereocenters. The van der Waals surface area contributed by atoms with Gasteiger partial charge in [0.05, 0.1) is 5.75 Å². The Labute approximate surface area is 229 Å². The van der Waals surface area contributed by atoms with Gasteiger partial charge in [0, 0.05) is 29.8 Å². The maximum absolute atomic E-state index is 13.7. The summed E-state index contributed by atoms with van der Waals surface area (Å²) < 4.78 is 0. The Kier molecular flexibility index (Phi) is 10.1. The number of nitrogens with zero attached hydrogens (tertiary/aromatic N) is 1. The second-order valence-electron chi connectivity index (χ2n) is 9.82. The van der Waals surface area contributed by atoms with Gasteiger partial charge in [-0.3, -0.25) is 9.59 Å². The van der Waals surface area contributed by atoms with Crippen LogP contribution in [0.4, 0.5) is 0 Å². The quantitative estimate of drug-likeness (QED) is 0.302. The number of carbonyl (C=O) groups is 2. The van der Waals surface area contributed by atoms with Gasteiger partial charge in [0.25, 0.3) is 0 Å². The lowest BCUT2D eigenvalue weighted by atomic mass is 10.0. The van der Waals surface area contributed by atoms with Crippen LogP contribution in [0.15, 0.2) is 78.9 Å². The molecule has 1 saturated carbocycles. The minimum absolute atomic E-state index is 0.0328. The Morgan fingerprint density at radius 2 is 1.57 bits per heavy atom. The zero-order valence-corrected chi connectivity index (χ0v) is 22.9. The summed E-state index contributed by atoms with van der Waals surface area (Å²) in [5.41, 5.74) is 4.40. The molecule has 2 amide bonds. The molecule has 0 aliphatic heterocycles. The van der Waals surface area contributed by atoms with Crippen molar-refractivity contribution < 1.29 is 9.59 Å². The van der Waals surface area contributed by atoms with E-state index in [0.29, 0.717) is 23.7 Å². The van der Waals surface area contributed by atoms with Gasteiger partial charge in [-0.05, 0) is 48.6 Å². The van der Waals surface area contributed by atoms with Crippen LogP contribution in [0.1, 0.15) is 47.9 Å². The standard InChI is InChI=1S/C31H35ClN2O2S/c1-23-11-13-26(14-12-23)21-37-22-30(35)34(20-25-15-17-27(32)18-16-25)29(19-24-7-3-2-4-8-24)31(36)33-28-9-5-6-10-28/h2-4,7-8,11-18,28-29H,5-6,9-10,19-22H2,1H3,(H,33,36)/t29-/m0/s1. The van der Waals surface area contributed by atoms with E-state index < -0.39 is 6.04 Å². The van der Waals surface area contributed by atoms with E-state index in [0.717, 1.165) is 42.6 Å². The van der Waals surface area contributed by atoms with Crippen LogP contribution >= 0.6 is 23.4 Å². The fraction of sp³-hybridized carbons (Fsp3) is 0.355. The molecular weight excluding hydrogens is 500 g/mol. The van der Waals surface area contributed by atoms with E-state index in [-0.39, 0.29) is 17.9 Å². The Bertz CT molecular complexity index is 1150. The third kappa shape index (κ3) is 8.37. The predicted octanol–water partition coefficient (Wildman–Crippen LogP) is 6.58. The van der Waals surface area contributed by atoms with Crippen molar-refractivity contribution in [2.45, 2.75) is 63.4 Å². The molecule has 0 radical (unpaired) electrons. The molecule has 3 aromatic rings. The minimum Gasteiger partial charge on any atom is -0.352 e. The van der Waals surface area contributed by atoms with Gasteiger partial charge in [-0.15, -0.1) is 11.8 Å². The highest BCUT2D eigenvalue weighted by Gasteiger charge is 2.32. The van der Waals surface area contributed by atoms with Gasteiger partial charge in [-0.2, -0.15) is 0 Å². The summed E-state index contributed by atoms with van der Waals surface area (Å²) in [6, 6.07) is 25.5. The summed E-state index contributed by atoms with van der Waals surface area (Å²) in [6.45, 7) is 2.43. The monoisotopic (exact) mass is 534 g/mol. The average Bonchev–Trinajstić information content (AvgIpc) is 3.42. The molecule has 0 aromatic heterocycles. The Hall–Kier alpha value is -2.76. The summed E-state index contributed by atoms with van der Waals surface area (Å²) in [4.78, 5) is 29.2. The Morgan fingerprint density at radius 1 is 0.919 bits per heavy atom. The smallest absolute Gasteiger partial charge is 0.243 e. The summed E-state index contributed by atoms with van der Waals surface area (Å²) in [5, 5.41) is 3.90. The highest BCUT2D eigenvalue weighted by molar-refractivity contribution is 7.99. The van der Waals surface area contributed by atoms with E-state index in [1.165, 1.54) is 11.1 Å². The number of hydrogen-bond acceptors (Lipinski definition) is 3. The second-order valence-corrected chi connectivity index (χ2v) is 11.2. The zero-order chi connectivity index (χ0) is 26.0. The van der Waals surface area contributed by atoms with E-state index in [9.17, 15) is 9.59 Å². The number of benzene rings is 3. The molecule has 37 heavy (non-hydrogen) atoms. The minimum atomic E-state index is -0.592. The Balaban J connectivity index is 1.55. The topological polar surface area (TPSA) is 49.4 Å². The van der Waals surface area contributed by atoms with E-state index in [2.05, 4.69) is 36.5 Å². The number of carbonyl (C=O) groups excluding carboxylic acids is 2. The van der Waals surface area contributed by atoms with Crippen LogP contribution in [0.2, 0.25) is 5.02 Å². The molecule has 1 fully saturated rings. The molecule has 4 nitrogen and oxygen atoms in total. The molecule has 3 aromatic carbocycles. The van der Waals surface area contributed by atoms with E-state index in [1.807, 2.05) is 54.6 Å². The maximum Gasteiger partial charge on any atom is 0.243 e. The normalized spacial score (nSPS) is 14.3. The van der Waals surface area contributed by atoms with Crippen LogP contribution < -0.4 is 5.32 Å². The van der Waals surface area contributed by atoms with Crippen LogP contribution in [0.5, 0.6) is 0 Å². The fourth-order valence-corrected chi connectivity index (χ4v) is 5.73. The number of nitrogens with one attached hydrogen (secondary N) is 1. The SMILES string of the molecule is Cc1ccc(CSCC(=O)N(Cc2ccc(Cl)cc2)[C@@H](Cc2ccccc2)C(=O)NC2CCCC2)cc1. The van der Waals surface area contributed by atoms with Crippen molar-refractivity contribution in [1.82, 2.24) is 10.2 Å². The fourth-order valence-electron chi connectivity index (χ4n) is 4.73. The molecule has 6 heteroatoms. The van der Waals surface area contributed by atoms with Gasteiger partial charge in [0.2, 0.25) is 11.8 Å². The van der Waals surface area contributed by atoms with Gasteiger partial charge in [-0.25, -0.2) is 0 Å². The average molecular weight is 535 g/mol. The molecule has 4 rings (SSSR count). The Morgan fingerprint density at radius 3 is 2.24 bits per heavy atom. The van der Waals surface area contributed by atoms with Crippen molar-refractivity contribution in [3.63, 3.8) is 0 Å². The lowest BCUT2D eigenvalue weighted by molar-refractivity contribution is -0.139. The molecule has 194 valence electrons. The van der Waals surface area contributed by atoms with Gasteiger partial charge in [0.1, 0.15) is 6.04 Å². The number of halogens is 1. The van der Waals surface area contributed by atoms with Crippen LogP contribution in [-0.4, -0.2) is 34.6 Å². The van der Waals surface area contributed by atoms with Crippen molar-refractivity contribution in [2.75, 3.05) is 5.75 Å². The molecular formula is C31H35ClN2O2S. The molecule has 0 spiro atoms. The van der Waals surface area contributed by atoms with E-state index in [4.69, 9.17) is 11.6 Å². The number of thioether (sulfide) groups is 1. The van der Waals surface area contributed by atoms with Gasteiger partial charge >= 0.3 is 0 Å². The molecule has 0 bridgehead atoms. The summed E-state index contributed by atoms with van der Waals surface area (Å²) >= 11 is 7.70. The maximum atomic E-state index is 13.7. The largest absolute Gasteiger partial charge is 0.352 e. The van der Waals surface area contributed by atoms with Gasteiger partial charge < -0.3 is 10.2 Å². The van der Waals surface area contributed by atoms with Crippen molar-refractivity contribution in [3.05, 3.63) is 106 Å². The molecule has 1 aliphatic carbocycles. The number of rotatable bonds is 11. The third-order valence-corrected chi connectivity index (χ3v) is 8.09. The van der Waals surface area contributed by atoms with Crippen LogP contribution in [0.25, 0.3) is 0 Å². The highest BCUT2D eigenvalue weighted by atomic mass is 35.5. The highest BCUT2D eigenvalue weighted by Crippen LogP contribution is 2.22. The summed E-state index contributed by atoms with van der Waals surface area (Å²) in [6.07, 6.45) is 4.75. The first kappa shape index (κ1) is 27.3. The third-order valence-electron chi connectivity index (χ3n) is 6.85. The van der Waals surface area contributed by atoms with Crippen molar-refractivity contribution >= 4 is 35.2 Å². The molecule has 0 saturated heterocycles. The van der Waals surface area contributed by atoms with Crippen molar-refractivity contribution in [3.8, 4) is 0 Å². The first-order valence-corrected chi connectivity index (χ1v) is 14.5. The lowest BCUT2D eigenvalue weighted by Crippen LogP contribution is -2.52. The van der Waals surface area contributed by atoms with Crippen LogP contribution in [0, 0.1) is 6.92 Å². The lowest BCUT2D eigenvalue weighted by Gasteiger charge is -2.32. The van der Waals surface area contributed by atoms with Crippen LogP contribution in [0.3, 0.4) is 0 Å². The number of aryl methyl sites for hydroxylation is 1. The molecule has 1 atom stereocenters. The van der Waals surface area contributed by atoms with Crippen molar-refractivity contribution in [1.29, 1.82) is 0 Å². The molecule has 0 heterocycles. The van der Waals surface area contributed by atoms with Crippen molar-refractivity contribution in [2.24, 2.45) is 0 Å². The van der Waals surface area contributed by atoms with Crippen LogP contribution in [-0.2, 0) is 28.3 Å². The van der Waals surface area contributed by atoms with Gasteiger partial charge in [0.15, 0.2) is 0 Å². The summed E-state index contributed by atoms with van der Waals surface area (Å²) in [5.74, 6) is 0.957. The zero-order valence-electron chi connectivity index (χ0n) is 21.4. The molecule has 1 aliphatic rings. The van der Waals surface area contributed by atoms with E-state index >= 15 is 0 Å². The number of amides is 2. The first-order chi connectivity index (χ1) is 18.0. The van der Waals surface area contributed by atoms with E-state index in [1.54, 1.807) is 16.7 Å².